The summed E-state index contributed by atoms with van der Waals surface area (Å²) in [5, 5.41) is 3.19. The smallest absolute Gasteiger partial charge is 0.129 e. The van der Waals surface area contributed by atoms with Crippen molar-refractivity contribution in [2.24, 2.45) is 0 Å². The van der Waals surface area contributed by atoms with Gasteiger partial charge < -0.3 is 5.32 Å². The normalized spacial score (nSPS) is 26.8. The van der Waals surface area contributed by atoms with Crippen molar-refractivity contribution >= 4 is 0 Å². The van der Waals surface area contributed by atoms with Gasteiger partial charge in [-0.05, 0) is 32.0 Å². The van der Waals surface area contributed by atoms with Crippen molar-refractivity contribution in [3.05, 3.63) is 35.4 Å². The van der Waals surface area contributed by atoms with Crippen LogP contribution in [-0.2, 0) is 0 Å². The van der Waals surface area contributed by atoms with Gasteiger partial charge in [-0.2, -0.15) is 0 Å². The lowest BCUT2D eigenvalue weighted by molar-refractivity contribution is 0.499. The maximum absolute atomic E-state index is 13.4. The van der Waals surface area contributed by atoms with E-state index < -0.39 is 11.6 Å². The second-order valence-corrected chi connectivity index (χ2v) is 3.77. The van der Waals surface area contributed by atoms with E-state index >= 15 is 0 Å². The van der Waals surface area contributed by atoms with Gasteiger partial charge in [0.2, 0.25) is 0 Å². The maximum atomic E-state index is 13.4. The van der Waals surface area contributed by atoms with E-state index in [1.54, 1.807) is 0 Å². The zero-order valence-corrected chi connectivity index (χ0v) is 8.06. The Bertz CT molecular complexity index is 318. The van der Waals surface area contributed by atoms with E-state index in [2.05, 4.69) is 5.32 Å². The Kier molecular flexibility index (Phi) is 2.50. The van der Waals surface area contributed by atoms with E-state index in [0.29, 0.717) is 0 Å². The average Bonchev–Trinajstić information content (AvgIpc) is 2.52. The van der Waals surface area contributed by atoms with Gasteiger partial charge in [-0.15, -0.1) is 0 Å². The van der Waals surface area contributed by atoms with Crippen LogP contribution in [0.2, 0.25) is 0 Å². The molecule has 2 rings (SSSR count). The molecule has 0 aliphatic carbocycles. The molecule has 0 saturated carbocycles. The van der Waals surface area contributed by atoms with Crippen LogP contribution in [0.4, 0.5) is 8.78 Å². The van der Waals surface area contributed by atoms with Crippen LogP contribution in [0.5, 0.6) is 0 Å². The summed E-state index contributed by atoms with van der Waals surface area (Å²) < 4.78 is 26.8. The second-order valence-electron chi connectivity index (χ2n) is 3.77. The molecule has 0 radical (unpaired) electrons. The number of nitrogens with one attached hydrogen (secondary N) is 1. The van der Waals surface area contributed by atoms with Gasteiger partial charge in [0, 0.05) is 17.5 Å². The quantitative estimate of drug-likeness (QED) is 0.729. The first-order valence-corrected chi connectivity index (χ1v) is 4.87. The fourth-order valence-corrected chi connectivity index (χ4v) is 2.12. The average molecular weight is 197 g/mol. The number of rotatable bonds is 1. The van der Waals surface area contributed by atoms with Crippen molar-refractivity contribution < 1.29 is 8.78 Å². The van der Waals surface area contributed by atoms with Gasteiger partial charge in [0.15, 0.2) is 0 Å². The van der Waals surface area contributed by atoms with Gasteiger partial charge in [-0.1, -0.05) is 6.07 Å². The first kappa shape index (κ1) is 9.59. The molecule has 3 heteroatoms. The third-order valence-electron chi connectivity index (χ3n) is 2.90. The predicted molar refractivity (Wildman–Crippen MR) is 51.2 cm³/mol. The van der Waals surface area contributed by atoms with Gasteiger partial charge in [-0.25, -0.2) is 8.78 Å². The molecular weight excluding hydrogens is 184 g/mol. The van der Waals surface area contributed by atoms with Crippen LogP contribution >= 0.6 is 0 Å². The zero-order valence-electron chi connectivity index (χ0n) is 8.06. The van der Waals surface area contributed by atoms with Crippen LogP contribution in [0.25, 0.3) is 0 Å². The molecule has 0 bridgehead atoms. The van der Waals surface area contributed by atoms with E-state index in [1.165, 1.54) is 18.2 Å². The highest BCUT2D eigenvalue weighted by Crippen LogP contribution is 2.31. The number of hydrogen-bond acceptors (Lipinski definition) is 1. The number of benzene rings is 1. The van der Waals surface area contributed by atoms with Crippen LogP contribution in [-0.4, -0.2) is 12.6 Å². The molecular formula is C11H13F2N. The summed E-state index contributed by atoms with van der Waals surface area (Å²) >= 11 is 0. The summed E-state index contributed by atoms with van der Waals surface area (Å²) in [5.41, 5.74) is 0.241. The summed E-state index contributed by atoms with van der Waals surface area (Å²) in [6.07, 6.45) is 0.805. The summed E-state index contributed by atoms with van der Waals surface area (Å²) in [7, 11) is 0. The van der Waals surface area contributed by atoms with Crippen molar-refractivity contribution in [2.45, 2.75) is 25.3 Å². The summed E-state index contributed by atoms with van der Waals surface area (Å²) in [5.74, 6) is -0.882. The van der Waals surface area contributed by atoms with Crippen LogP contribution in [0.1, 0.15) is 24.8 Å². The molecule has 1 nitrogen and oxygen atoms in total. The molecule has 76 valence electrons. The van der Waals surface area contributed by atoms with Gasteiger partial charge in [0.05, 0.1) is 0 Å². The van der Waals surface area contributed by atoms with E-state index in [0.717, 1.165) is 13.0 Å². The molecule has 1 N–H and O–H groups in total. The molecule has 0 amide bonds. The lowest BCUT2D eigenvalue weighted by Crippen LogP contribution is -2.22. The van der Waals surface area contributed by atoms with Crippen LogP contribution in [0, 0.1) is 11.6 Å². The largest absolute Gasteiger partial charge is 0.314 e. The van der Waals surface area contributed by atoms with E-state index in [4.69, 9.17) is 0 Å². The molecule has 1 fully saturated rings. The molecule has 1 heterocycles. The Morgan fingerprint density at radius 1 is 1.29 bits per heavy atom. The topological polar surface area (TPSA) is 12.0 Å². The highest BCUT2D eigenvalue weighted by Gasteiger charge is 2.28. The van der Waals surface area contributed by atoms with Crippen molar-refractivity contribution in [3.8, 4) is 0 Å². The Hall–Kier alpha value is -0.960. The molecule has 1 aromatic carbocycles. The second kappa shape index (κ2) is 3.65. The molecule has 1 aliphatic heterocycles. The van der Waals surface area contributed by atoms with Crippen LogP contribution < -0.4 is 5.32 Å². The van der Waals surface area contributed by atoms with Crippen LogP contribution in [0.15, 0.2) is 18.2 Å². The Morgan fingerprint density at radius 2 is 1.93 bits per heavy atom. The standard InChI is InChI=1S/C11H13F2N/c1-7-8(5-6-14-7)11-9(12)3-2-4-10(11)13/h2-4,7-8,14H,5-6H2,1H3. The molecule has 1 aliphatic rings. The Morgan fingerprint density at radius 3 is 2.43 bits per heavy atom. The minimum atomic E-state index is -0.425. The first-order valence-electron chi connectivity index (χ1n) is 4.87. The highest BCUT2D eigenvalue weighted by atomic mass is 19.1. The highest BCUT2D eigenvalue weighted by molar-refractivity contribution is 5.26. The molecule has 0 aromatic heterocycles. The van der Waals surface area contributed by atoms with Crippen LogP contribution in [0.3, 0.4) is 0 Å². The van der Waals surface area contributed by atoms with Crippen molar-refractivity contribution in [2.75, 3.05) is 6.54 Å². The third-order valence-corrected chi connectivity index (χ3v) is 2.90. The zero-order chi connectivity index (χ0) is 10.1. The number of hydrogen-bond donors (Lipinski definition) is 1. The molecule has 1 aromatic rings. The fraction of sp³-hybridized carbons (Fsp3) is 0.455. The van der Waals surface area contributed by atoms with Gasteiger partial charge in [0.1, 0.15) is 11.6 Å². The van der Waals surface area contributed by atoms with Gasteiger partial charge in [0.25, 0.3) is 0 Å². The predicted octanol–water partition coefficient (Wildman–Crippen LogP) is 2.43. The third kappa shape index (κ3) is 1.52. The molecule has 2 atom stereocenters. The molecule has 14 heavy (non-hydrogen) atoms. The minimum absolute atomic E-state index is 0.0313. The summed E-state index contributed by atoms with van der Waals surface area (Å²) in [6.45, 7) is 2.79. The van der Waals surface area contributed by atoms with E-state index in [-0.39, 0.29) is 17.5 Å². The number of halogens is 2. The SMILES string of the molecule is CC1NCCC1c1c(F)cccc1F. The minimum Gasteiger partial charge on any atom is -0.314 e. The van der Waals surface area contributed by atoms with Crippen molar-refractivity contribution in [1.29, 1.82) is 0 Å². The van der Waals surface area contributed by atoms with Gasteiger partial charge in [-0.3, -0.25) is 0 Å². The monoisotopic (exact) mass is 197 g/mol. The molecule has 1 saturated heterocycles. The summed E-state index contributed by atoms with van der Waals surface area (Å²) in [6, 6.07) is 4.20. The Balaban J connectivity index is 2.39. The maximum Gasteiger partial charge on any atom is 0.129 e. The summed E-state index contributed by atoms with van der Waals surface area (Å²) in [4.78, 5) is 0. The van der Waals surface area contributed by atoms with E-state index in [1.807, 2.05) is 6.92 Å². The van der Waals surface area contributed by atoms with Gasteiger partial charge >= 0.3 is 0 Å². The fourth-order valence-electron chi connectivity index (χ4n) is 2.12. The molecule has 0 spiro atoms. The lowest BCUT2D eigenvalue weighted by atomic mass is 9.92. The van der Waals surface area contributed by atoms with Crippen molar-refractivity contribution in [3.63, 3.8) is 0 Å². The Labute approximate surface area is 82.1 Å². The molecule has 2 unspecified atom stereocenters. The van der Waals surface area contributed by atoms with Crippen molar-refractivity contribution in [1.82, 2.24) is 5.32 Å². The first-order chi connectivity index (χ1) is 6.70. The van der Waals surface area contributed by atoms with E-state index in [9.17, 15) is 8.78 Å². The lowest BCUT2D eigenvalue weighted by Gasteiger charge is -2.16.